The molecule has 232 valence electrons. The summed E-state index contributed by atoms with van der Waals surface area (Å²) in [6.45, 7) is 0. The molecule has 0 radical (unpaired) electrons. The molecule has 0 amide bonds. The molecular formula is C47H27NOS. The van der Waals surface area contributed by atoms with Gasteiger partial charge >= 0.3 is 0 Å². The average Bonchev–Trinajstić information content (AvgIpc) is 3.82. The summed E-state index contributed by atoms with van der Waals surface area (Å²) in [6.07, 6.45) is 0. The fraction of sp³-hybridized carbons (Fsp3) is 0.0213. The molecule has 12 rings (SSSR count). The van der Waals surface area contributed by atoms with E-state index in [2.05, 4.69) is 162 Å². The van der Waals surface area contributed by atoms with Crippen LogP contribution >= 0.6 is 11.8 Å². The second-order valence-corrected chi connectivity index (χ2v) is 14.6. The Morgan fingerprint density at radius 2 is 1.08 bits per heavy atom. The number of fused-ring (bicyclic) bond motifs is 18. The molecule has 10 aromatic rings. The van der Waals surface area contributed by atoms with E-state index in [1.165, 1.54) is 75.7 Å². The molecular weight excluding hydrogens is 627 g/mol. The van der Waals surface area contributed by atoms with Gasteiger partial charge in [0.1, 0.15) is 11.2 Å². The lowest BCUT2D eigenvalue weighted by atomic mass is 9.67. The monoisotopic (exact) mass is 653 g/mol. The van der Waals surface area contributed by atoms with Crippen LogP contribution in [0.5, 0.6) is 0 Å². The van der Waals surface area contributed by atoms with E-state index in [1.807, 2.05) is 17.8 Å². The number of nitrogens with zero attached hydrogens (tertiary/aromatic N) is 1. The van der Waals surface area contributed by atoms with Gasteiger partial charge in [0, 0.05) is 42.4 Å². The van der Waals surface area contributed by atoms with Crippen molar-refractivity contribution in [3.05, 3.63) is 186 Å². The Morgan fingerprint density at radius 3 is 1.92 bits per heavy atom. The van der Waals surface area contributed by atoms with Gasteiger partial charge in [-0.15, -0.1) is 0 Å². The van der Waals surface area contributed by atoms with Crippen molar-refractivity contribution in [2.24, 2.45) is 0 Å². The van der Waals surface area contributed by atoms with Crippen LogP contribution in [-0.2, 0) is 5.41 Å². The van der Waals surface area contributed by atoms with Gasteiger partial charge in [0.15, 0.2) is 0 Å². The van der Waals surface area contributed by atoms with Gasteiger partial charge < -0.3 is 8.98 Å². The Labute approximate surface area is 292 Å². The molecule has 0 N–H and O–H groups in total. The average molecular weight is 654 g/mol. The number of hydrogen-bond acceptors (Lipinski definition) is 2. The summed E-state index contributed by atoms with van der Waals surface area (Å²) in [7, 11) is 0. The van der Waals surface area contributed by atoms with Crippen molar-refractivity contribution in [2.75, 3.05) is 0 Å². The molecule has 0 saturated heterocycles. The highest BCUT2D eigenvalue weighted by atomic mass is 32.2. The van der Waals surface area contributed by atoms with Crippen LogP contribution < -0.4 is 0 Å². The zero-order chi connectivity index (χ0) is 32.6. The zero-order valence-electron chi connectivity index (χ0n) is 26.9. The van der Waals surface area contributed by atoms with E-state index < -0.39 is 5.41 Å². The number of benzene rings is 8. The first-order valence-corrected chi connectivity index (χ1v) is 18.0. The smallest absolute Gasteiger partial charge is 0.135 e. The Balaban J connectivity index is 1.29. The topological polar surface area (TPSA) is 18.1 Å². The molecule has 50 heavy (non-hydrogen) atoms. The highest BCUT2D eigenvalue weighted by Gasteiger charge is 2.50. The van der Waals surface area contributed by atoms with Crippen LogP contribution in [0.15, 0.2) is 178 Å². The van der Waals surface area contributed by atoms with E-state index in [-0.39, 0.29) is 0 Å². The number of hydrogen-bond donors (Lipinski definition) is 0. The van der Waals surface area contributed by atoms with Crippen molar-refractivity contribution in [2.45, 2.75) is 15.2 Å². The zero-order valence-corrected chi connectivity index (χ0v) is 27.7. The Morgan fingerprint density at radius 1 is 0.440 bits per heavy atom. The fourth-order valence-electron chi connectivity index (χ4n) is 9.28. The molecule has 1 spiro atoms. The molecule has 0 saturated carbocycles. The first kappa shape index (κ1) is 26.9. The SMILES string of the molecule is c1ccc2c(c1)Sc1c(ccc3c4ccc5ccccc5c4n(-c4ccc5oc6ccccc6c5c4)c13)C21c2ccccc2-c2ccccc21. The Kier molecular flexibility index (Phi) is 5.14. The normalized spacial score (nSPS) is 14.1. The van der Waals surface area contributed by atoms with Crippen LogP contribution in [0.2, 0.25) is 0 Å². The number of aromatic nitrogens is 1. The molecule has 1 aliphatic heterocycles. The van der Waals surface area contributed by atoms with E-state index in [0.717, 1.165) is 27.6 Å². The summed E-state index contributed by atoms with van der Waals surface area (Å²) in [5.41, 5.74) is 13.1. The Hall–Kier alpha value is -6.03. The first-order chi connectivity index (χ1) is 24.8. The molecule has 3 heteroatoms. The van der Waals surface area contributed by atoms with Crippen LogP contribution in [0.4, 0.5) is 0 Å². The highest BCUT2D eigenvalue weighted by molar-refractivity contribution is 7.99. The van der Waals surface area contributed by atoms with Crippen molar-refractivity contribution in [3.8, 4) is 16.8 Å². The molecule has 2 nitrogen and oxygen atoms in total. The fourth-order valence-corrected chi connectivity index (χ4v) is 10.6. The van der Waals surface area contributed by atoms with Crippen molar-refractivity contribution < 1.29 is 4.42 Å². The van der Waals surface area contributed by atoms with E-state index >= 15 is 0 Å². The van der Waals surface area contributed by atoms with Gasteiger partial charge in [0.2, 0.25) is 0 Å². The summed E-state index contributed by atoms with van der Waals surface area (Å²) in [5.74, 6) is 0. The molecule has 0 bridgehead atoms. The number of rotatable bonds is 1. The van der Waals surface area contributed by atoms with Gasteiger partial charge in [-0.05, 0) is 69.1 Å². The summed E-state index contributed by atoms with van der Waals surface area (Å²) in [4.78, 5) is 2.61. The third-order valence-electron chi connectivity index (χ3n) is 11.2. The minimum atomic E-state index is -0.438. The van der Waals surface area contributed by atoms with Gasteiger partial charge in [0.25, 0.3) is 0 Å². The van der Waals surface area contributed by atoms with E-state index in [0.29, 0.717) is 0 Å². The molecule has 2 aliphatic rings. The minimum Gasteiger partial charge on any atom is -0.456 e. The molecule has 3 heterocycles. The summed E-state index contributed by atoms with van der Waals surface area (Å²) in [6, 6.07) is 60.5. The van der Waals surface area contributed by atoms with E-state index in [1.54, 1.807) is 0 Å². The maximum absolute atomic E-state index is 6.32. The van der Waals surface area contributed by atoms with Gasteiger partial charge in [-0.1, -0.05) is 145 Å². The van der Waals surface area contributed by atoms with Crippen molar-refractivity contribution in [3.63, 3.8) is 0 Å². The van der Waals surface area contributed by atoms with Crippen molar-refractivity contribution in [1.82, 2.24) is 4.57 Å². The molecule has 0 unspecified atom stereocenters. The predicted octanol–water partition coefficient (Wildman–Crippen LogP) is 12.7. The molecule has 0 fully saturated rings. The second kappa shape index (κ2) is 9.56. The standard InChI is InChI=1S/C47H27NOS/c1-2-12-30-28(11-1)21-23-34-35-24-25-40-46(45(35)48(44(30)34)29-22-26-42-36(27-29)33-15-5-9-19-41(33)49-42)50-43-20-10-8-18-39(43)47(40)37-16-6-3-13-31(37)32-14-4-7-17-38(32)47/h1-27H. The summed E-state index contributed by atoms with van der Waals surface area (Å²) < 4.78 is 8.87. The molecule has 2 aromatic heterocycles. The van der Waals surface area contributed by atoms with Gasteiger partial charge in [-0.3, -0.25) is 0 Å². The van der Waals surface area contributed by atoms with E-state index in [4.69, 9.17) is 4.42 Å². The van der Waals surface area contributed by atoms with Gasteiger partial charge in [-0.25, -0.2) is 0 Å². The summed E-state index contributed by atoms with van der Waals surface area (Å²) >= 11 is 1.92. The lowest BCUT2D eigenvalue weighted by molar-refractivity contribution is 0.669. The molecule has 0 atom stereocenters. The van der Waals surface area contributed by atoms with Crippen LogP contribution in [0.25, 0.3) is 71.3 Å². The van der Waals surface area contributed by atoms with Crippen LogP contribution in [0.3, 0.4) is 0 Å². The third-order valence-corrected chi connectivity index (χ3v) is 12.4. The quantitative estimate of drug-likeness (QED) is 0.175. The lowest BCUT2D eigenvalue weighted by Gasteiger charge is -2.40. The number of para-hydroxylation sites is 1. The predicted molar refractivity (Wildman–Crippen MR) is 207 cm³/mol. The lowest BCUT2D eigenvalue weighted by Crippen LogP contribution is -2.32. The highest BCUT2D eigenvalue weighted by Crippen LogP contribution is 2.63. The Bertz CT molecular complexity index is 3040. The maximum Gasteiger partial charge on any atom is 0.135 e. The van der Waals surface area contributed by atoms with Crippen molar-refractivity contribution >= 4 is 66.3 Å². The van der Waals surface area contributed by atoms with E-state index in [9.17, 15) is 0 Å². The second-order valence-electron chi connectivity index (χ2n) is 13.6. The van der Waals surface area contributed by atoms with Gasteiger partial charge in [-0.2, -0.15) is 0 Å². The molecule has 1 aliphatic carbocycles. The van der Waals surface area contributed by atoms with Crippen molar-refractivity contribution in [1.29, 1.82) is 0 Å². The maximum atomic E-state index is 6.32. The van der Waals surface area contributed by atoms with Crippen LogP contribution in [-0.4, -0.2) is 4.57 Å². The van der Waals surface area contributed by atoms with Crippen LogP contribution in [0.1, 0.15) is 22.3 Å². The largest absolute Gasteiger partial charge is 0.456 e. The number of furan rings is 1. The first-order valence-electron chi connectivity index (χ1n) is 17.2. The third kappa shape index (κ3) is 3.22. The van der Waals surface area contributed by atoms with Gasteiger partial charge in [0.05, 0.1) is 16.4 Å². The van der Waals surface area contributed by atoms with Crippen LogP contribution in [0, 0.1) is 0 Å². The summed E-state index contributed by atoms with van der Waals surface area (Å²) in [5, 5.41) is 7.28. The minimum absolute atomic E-state index is 0.438. The molecule has 8 aromatic carbocycles.